The monoisotopic (exact) mass is 416 g/mol. The normalized spacial score (nSPS) is 23.6. The standard InChI is InChI=1S/C22H25FN2O3S/c1-2-28-17-12-16(14-26)22(13-17,18-10-6-7-11-19(18)23)25-21(29)24-20(27)15-8-4-3-5-9-15/h3-11,16-17,26H,2,12-14H2,1H3,(H2,24,25,27,29)/t16-,17+,22+/m1/s1. The molecule has 2 aromatic rings. The lowest BCUT2D eigenvalue weighted by molar-refractivity contribution is 0.0607. The van der Waals surface area contributed by atoms with Crippen molar-refractivity contribution >= 4 is 23.2 Å². The number of aliphatic hydroxyl groups is 1. The summed E-state index contributed by atoms with van der Waals surface area (Å²) in [6.07, 6.45) is 0.826. The smallest absolute Gasteiger partial charge is 0.257 e. The van der Waals surface area contributed by atoms with Gasteiger partial charge in [0.25, 0.3) is 5.91 Å². The molecule has 0 bridgehead atoms. The van der Waals surface area contributed by atoms with Crippen LogP contribution in [0.4, 0.5) is 4.39 Å². The molecule has 154 valence electrons. The Hall–Kier alpha value is -2.35. The molecule has 0 heterocycles. The van der Waals surface area contributed by atoms with Gasteiger partial charge in [-0.05, 0) is 43.8 Å². The van der Waals surface area contributed by atoms with E-state index < -0.39 is 11.4 Å². The number of benzene rings is 2. The lowest BCUT2D eigenvalue weighted by Gasteiger charge is -2.37. The Morgan fingerprint density at radius 2 is 1.93 bits per heavy atom. The van der Waals surface area contributed by atoms with Crippen molar-refractivity contribution in [1.82, 2.24) is 10.6 Å². The van der Waals surface area contributed by atoms with Crippen molar-refractivity contribution < 1.29 is 19.0 Å². The van der Waals surface area contributed by atoms with E-state index in [1.165, 1.54) is 6.07 Å². The van der Waals surface area contributed by atoms with Gasteiger partial charge >= 0.3 is 0 Å². The lowest BCUT2D eigenvalue weighted by atomic mass is 9.80. The average Bonchev–Trinajstić information content (AvgIpc) is 3.06. The Morgan fingerprint density at radius 1 is 1.24 bits per heavy atom. The maximum Gasteiger partial charge on any atom is 0.257 e. The molecule has 0 spiro atoms. The van der Waals surface area contributed by atoms with Crippen LogP contribution in [0.2, 0.25) is 0 Å². The van der Waals surface area contributed by atoms with Crippen LogP contribution in [-0.2, 0) is 10.3 Å². The summed E-state index contributed by atoms with van der Waals surface area (Å²) < 4.78 is 20.6. The number of amides is 1. The van der Waals surface area contributed by atoms with Gasteiger partial charge in [-0.25, -0.2) is 4.39 Å². The summed E-state index contributed by atoms with van der Waals surface area (Å²) in [6.45, 7) is 2.25. The molecule has 0 saturated heterocycles. The number of nitrogens with one attached hydrogen (secondary N) is 2. The number of ether oxygens (including phenoxy) is 1. The molecule has 1 aliphatic carbocycles. The topological polar surface area (TPSA) is 70.6 Å². The highest BCUT2D eigenvalue weighted by Crippen LogP contribution is 2.45. The molecule has 0 radical (unpaired) electrons. The number of thiocarbonyl (C=S) groups is 1. The van der Waals surface area contributed by atoms with Gasteiger partial charge in [0.05, 0.1) is 11.6 Å². The largest absolute Gasteiger partial charge is 0.396 e. The SMILES string of the molecule is CCO[C@H]1C[C@H](CO)[C@](NC(=S)NC(=O)c2ccccc2)(c2ccccc2F)C1. The number of carbonyl (C=O) groups is 1. The number of hydrogen-bond acceptors (Lipinski definition) is 4. The van der Waals surface area contributed by atoms with E-state index >= 15 is 0 Å². The van der Waals surface area contributed by atoms with Crippen LogP contribution in [0.15, 0.2) is 54.6 Å². The molecule has 29 heavy (non-hydrogen) atoms. The van der Waals surface area contributed by atoms with Crippen LogP contribution in [0.1, 0.15) is 35.7 Å². The third-order valence-corrected chi connectivity index (χ3v) is 5.57. The Labute approximate surface area is 175 Å². The van der Waals surface area contributed by atoms with Gasteiger partial charge in [0.15, 0.2) is 5.11 Å². The van der Waals surface area contributed by atoms with E-state index in [0.29, 0.717) is 30.6 Å². The van der Waals surface area contributed by atoms with Crippen molar-refractivity contribution in [1.29, 1.82) is 0 Å². The van der Waals surface area contributed by atoms with Crippen molar-refractivity contribution in [2.75, 3.05) is 13.2 Å². The second kappa shape index (κ2) is 9.43. The molecule has 0 aliphatic heterocycles. The second-order valence-corrected chi connectivity index (χ2v) is 7.53. The molecule has 2 aromatic carbocycles. The summed E-state index contributed by atoms with van der Waals surface area (Å²) in [6, 6.07) is 15.1. The van der Waals surface area contributed by atoms with Crippen LogP contribution in [0.3, 0.4) is 0 Å². The fourth-order valence-electron chi connectivity index (χ4n) is 4.09. The number of rotatable bonds is 6. The van der Waals surface area contributed by atoms with Crippen molar-refractivity contribution in [3.05, 3.63) is 71.5 Å². The van der Waals surface area contributed by atoms with E-state index in [1.54, 1.807) is 42.5 Å². The summed E-state index contributed by atoms with van der Waals surface area (Å²) >= 11 is 5.40. The van der Waals surface area contributed by atoms with Crippen LogP contribution in [0.5, 0.6) is 0 Å². The van der Waals surface area contributed by atoms with Gasteiger partial charge in [-0.2, -0.15) is 0 Å². The quantitative estimate of drug-likeness (QED) is 0.631. The van der Waals surface area contributed by atoms with Gasteiger partial charge in [0.1, 0.15) is 5.82 Å². The first-order chi connectivity index (χ1) is 14.0. The molecule has 0 aromatic heterocycles. The molecule has 3 N–H and O–H groups in total. The van der Waals surface area contributed by atoms with E-state index in [0.717, 1.165) is 0 Å². The van der Waals surface area contributed by atoms with Gasteiger partial charge in [-0.1, -0.05) is 36.4 Å². The highest BCUT2D eigenvalue weighted by atomic mass is 32.1. The van der Waals surface area contributed by atoms with Crippen LogP contribution >= 0.6 is 12.2 Å². The van der Waals surface area contributed by atoms with Gasteiger partial charge in [-0.15, -0.1) is 0 Å². The Morgan fingerprint density at radius 3 is 2.59 bits per heavy atom. The first-order valence-corrected chi connectivity index (χ1v) is 10.1. The first kappa shape index (κ1) is 21.4. The van der Waals surface area contributed by atoms with Gasteiger partial charge in [-0.3, -0.25) is 10.1 Å². The summed E-state index contributed by atoms with van der Waals surface area (Å²) in [5, 5.41) is 16.0. The van der Waals surface area contributed by atoms with Crippen LogP contribution < -0.4 is 10.6 Å². The van der Waals surface area contributed by atoms with Crippen molar-refractivity contribution in [3.63, 3.8) is 0 Å². The van der Waals surface area contributed by atoms with Crippen molar-refractivity contribution in [3.8, 4) is 0 Å². The molecule has 1 aliphatic rings. The molecule has 5 nitrogen and oxygen atoms in total. The third kappa shape index (κ3) is 4.63. The lowest BCUT2D eigenvalue weighted by Crippen LogP contribution is -2.54. The summed E-state index contributed by atoms with van der Waals surface area (Å²) in [4.78, 5) is 12.5. The maximum atomic E-state index is 14.8. The van der Waals surface area contributed by atoms with Crippen LogP contribution in [0, 0.1) is 11.7 Å². The van der Waals surface area contributed by atoms with E-state index in [1.807, 2.05) is 13.0 Å². The molecular formula is C22H25FN2O3S. The number of hydrogen-bond donors (Lipinski definition) is 3. The number of halogens is 1. The summed E-state index contributed by atoms with van der Waals surface area (Å²) in [5.41, 5.74) is -0.118. The van der Waals surface area contributed by atoms with E-state index in [-0.39, 0.29) is 29.6 Å². The predicted octanol–water partition coefficient (Wildman–Crippen LogP) is 3.13. The number of aliphatic hydroxyl groups excluding tert-OH is 1. The van der Waals surface area contributed by atoms with Crippen LogP contribution in [-0.4, -0.2) is 35.4 Å². The Kier molecular flexibility index (Phi) is 6.95. The Balaban J connectivity index is 1.89. The van der Waals surface area contributed by atoms with Gasteiger partial charge in [0.2, 0.25) is 0 Å². The molecule has 1 saturated carbocycles. The minimum absolute atomic E-state index is 0.0812. The molecule has 7 heteroatoms. The highest BCUT2D eigenvalue weighted by molar-refractivity contribution is 7.80. The van der Waals surface area contributed by atoms with E-state index in [9.17, 15) is 14.3 Å². The van der Waals surface area contributed by atoms with Crippen molar-refractivity contribution in [2.45, 2.75) is 31.4 Å². The summed E-state index contributed by atoms with van der Waals surface area (Å²) in [7, 11) is 0. The zero-order valence-electron chi connectivity index (χ0n) is 16.2. The first-order valence-electron chi connectivity index (χ1n) is 9.66. The second-order valence-electron chi connectivity index (χ2n) is 7.12. The minimum Gasteiger partial charge on any atom is -0.396 e. The minimum atomic E-state index is -0.985. The van der Waals surface area contributed by atoms with Crippen molar-refractivity contribution in [2.24, 2.45) is 5.92 Å². The van der Waals surface area contributed by atoms with E-state index in [2.05, 4.69) is 10.6 Å². The molecular weight excluding hydrogens is 391 g/mol. The molecule has 3 atom stereocenters. The molecule has 3 rings (SSSR count). The third-order valence-electron chi connectivity index (χ3n) is 5.37. The Bertz CT molecular complexity index is 864. The summed E-state index contributed by atoms with van der Waals surface area (Å²) in [5.74, 6) is -1.08. The fourth-order valence-corrected chi connectivity index (χ4v) is 4.37. The van der Waals surface area contributed by atoms with Gasteiger partial charge in [0, 0.05) is 36.7 Å². The molecule has 0 unspecified atom stereocenters. The van der Waals surface area contributed by atoms with Crippen LogP contribution in [0.25, 0.3) is 0 Å². The highest BCUT2D eigenvalue weighted by Gasteiger charge is 2.50. The van der Waals surface area contributed by atoms with E-state index in [4.69, 9.17) is 17.0 Å². The maximum absolute atomic E-state index is 14.8. The zero-order chi connectivity index (χ0) is 20.9. The van der Waals surface area contributed by atoms with Gasteiger partial charge < -0.3 is 15.2 Å². The number of carbonyl (C=O) groups excluding carboxylic acids is 1. The zero-order valence-corrected chi connectivity index (χ0v) is 17.0. The predicted molar refractivity (Wildman–Crippen MR) is 113 cm³/mol. The molecule has 1 amide bonds. The average molecular weight is 417 g/mol. The fraction of sp³-hybridized carbons (Fsp3) is 0.364. The molecule has 1 fully saturated rings.